The lowest BCUT2D eigenvalue weighted by Gasteiger charge is -2.14. The van der Waals surface area contributed by atoms with Crippen LogP contribution in [0, 0.1) is 0 Å². The molecule has 3 heterocycles. The molecular weight excluding hydrogens is 284 g/mol. The third kappa shape index (κ3) is 2.48. The Morgan fingerprint density at radius 2 is 2.10 bits per heavy atom. The molecule has 0 N–H and O–H groups in total. The molecule has 5 nitrogen and oxygen atoms in total. The molecule has 6 heteroatoms. The van der Waals surface area contributed by atoms with Gasteiger partial charge in [-0.2, -0.15) is 0 Å². The van der Waals surface area contributed by atoms with Crippen molar-refractivity contribution in [1.29, 1.82) is 0 Å². The summed E-state index contributed by atoms with van der Waals surface area (Å²) in [7, 11) is 0. The second-order valence-electron chi connectivity index (χ2n) is 4.91. The van der Waals surface area contributed by atoms with Gasteiger partial charge in [-0.15, -0.1) is 21.5 Å². The van der Waals surface area contributed by atoms with Crippen molar-refractivity contribution in [2.75, 3.05) is 6.61 Å². The molecular formula is C15H14N4OS. The smallest absolute Gasteiger partial charge is 0.159 e. The summed E-state index contributed by atoms with van der Waals surface area (Å²) in [5, 5.41) is 11.6. The van der Waals surface area contributed by atoms with Gasteiger partial charge in [-0.25, -0.2) is 4.98 Å². The Morgan fingerprint density at radius 3 is 3.00 bits per heavy atom. The van der Waals surface area contributed by atoms with E-state index in [4.69, 9.17) is 9.72 Å². The first-order chi connectivity index (χ1) is 10.4. The molecule has 21 heavy (non-hydrogen) atoms. The van der Waals surface area contributed by atoms with E-state index in [-0.39, 0.29) is 0 Å². The van der Waals surface area contributed by atoms with E-state index in [0.29, 0.717) is 6.61 Å². The van der Waals surface area contributed by atoms with Crippen LogP contribution in [-0.4, -0.2) is 26.4 Å². The first kappa shape index (κ1) is 12.7. The van der Waals surface area contributed by atoms with Crippen molar-refractivity contribution in [3.8, 4) is 11.3 Å². The second kappa shape index (κ2) is 5.38. The fraction of sp³-hybridized carbons (Fsp3) is 0.267. The summed E-state index contributed by atoms with van der Waals surface area (Å²) in [4.78, 5) is 4.71. The van der Waals surface area contributed by atoms with Crippen LogP contribution in [0.4, 0.5) is 0 Å². The summed E-state index contributed by atoms with van der Waals surface area (Å²) in [6.07, 6.45) is 0.727. The molecule has 0 radical (unpaired) electrons. The van der Waals surface area contributed by atoms with Crippen LogP contribution in [0.2, 0.25) is 0 Å². The van der Waals surface area contributed by atoms with Crippen LogP contribution in [0.15, 0.2) is 35.7 Å². The van der Waals surface area contributed by atoms with Crippen LogP contribution in [0.1, 0.15) is 16.7 Å². The van der Waals surface area contributed by atoms with Gasteiger partial charge in [-0.3, -0.25) is 0 Å². The zero-order valence-electron chi connectivity index (χ0n) is 11.4. The molecule has 0 aliphatic carbocycles. The molecule has 0 unspecified atom stereocenters. The van der Waals surface area contributed by atoms with Gasteiger partial charge in [0.05, 0.1) is 18.7 Å². The van der Waals surface area contributed by atoms with Crippen LogP contribution >= 0.6 is 11.3 Å². The molecule has 0 bridgehead atoms. The molecule has 1 aliphatic heterocycles. The Balaban J connectivity index is 1.58. The quantitative estimate of drug-likeness (QED) is 0.745. The maximum absolute atomic E-state index is 5.39. The average Bonchev–Trinajstić information content (AvgIpc) is 3.17. The van der Waals surface area contributed by atoms with Crippen molar-refractivity contribution in [2.24, 2.45) is 0 Å². The third-order valence-electron chi connectivity index (χ3n) is 3.53. The zero-order chi connectivity index (χ0) is 14.1. The van der Waals surface area contributed by atoms with Crippen LogP contribution in [0.25, 0.3) is 11.3 Å². The van der Waals surface area contributed by atoms with Gasteiger partial charge in [0.15, 0.2) is 5.82 Å². The van der Waals surface area contributed by atoms with Gasteiger partial charge in [-0.1, -0.05) is 30.3 Å². The molecule has 106 valence electrons. The minimum absolute atomic E-state index is 0.556. The Kier molecular flexibility index (Phi) is 3.25. The summed E-state index contributed by atoms with van der Waals surface area (Å²) in [6.45, 7) is 2.11. The van der Waals surface area contributed by atoms with E-state index < -0.39 is 0 Å². The summed E-state index contributed by atoms with van der Waals surface area (Å²) >= 11 is 1.67. The fourth-order valence-corrected chi connectivity index (χ4v) is 3.26. The lowest BCUT2D eigenvalue weighted by molar-refractivity contribution is 0.0807. The molecule has 1 aromatic carbocycles. The van der Waals surface area contributed by atoms with E-state index >= 15 is 0 Å². The maximum atomic E-state index is 5.39. The molecule has 0 atom stereocenters. The first-order valence-electron chi connectivity index (χ1n) is 6.89. The zero-order valence-corrected chi connectivity index (χ0v) is 12.2. The van der Waals surface area contributed by atoms with Gasteiger partial charge in [0.2, 0.25) is 0 Å². The predicted molar refractivity (Wildman–Crippen MR) is 80.0 cm³/mol. The normalized spacial score (nSPS) is 14.1. The van der Waals surface area contributed by atoms with Crippen LogP contribution in [0.3, 0.4) is 0 Å². The van der Waals surface area contributed by atoms with Crippen molar-refractivity contribution < 1.29 is 4.74 Å². The minimum Gasteiger partial charge on any atom is -0.372 e. The third-order valence-corrected chi connectivity index (χ3v) is 4.37. The highest BCUT2D eigenvalue weighted by Gasteiger charge is 2.17. The van der Waals surface area contributed by atoms with Crippen molar-refractivity contribution in [3.63, 3.8) is 0 Å². The number of ether oxygens (including phenoxy) is 1. The Bertz CT molecular complexity index is 750. The highest BCUT2D eigenvalue weighted by molar-refractivity contribution is 7.10. The minimum atomic E-state index is 0.556. The van der Waals surface area contributed by atoms with E-state index in [0.717, 1.165) is 47.5 Å². The second-order valence-corrected chi connectivity index (χ2v) is 5.85. The molecule has 0 amide bonds. The maximum Gasteiger partial charge on any atom is 0.159 e. The molecule has 3 aromatic rings. The lowest BCUT2D eigenvalue weighted by atomic mass is 10.2. The first-order valence-corrected chi connectivity index (χ1v) is 7.76. The monoisotopic (exact) mass is 298 g/mol. The van der Waals surface area contributed by atoms with Gasteiger partial charge < -0.3 is 9.30 Å². The highest BCUT2D eigenvalue weighted by Crippen LogP contribution is 2.23. The number of fused-ring (bicyclic) bond motifs is 1. The molecule has 4 rings (SSSR count). The van der Waals surface area contributed by atoms with E-state index in [1.165, 1.54) is 0 Å². The van der Waals surface area contributed by atoms with Crippen molar-refractivity contribution >= 4 is 11.3 Å². The van der Waals surface area contributed by atoms with E-state index in [1.54, 1.807) is 11.3 Å². The van der Waals surface area contributed by atoms with Gasteiger partial charge >= 0.3 is 0 Å². The van der Waals surface area contributed by atoms with Crippen LogP contribution in [0.5, 0.6) is 0 Å². The van der Waals surface area contributed by atoms with Crippen LogP contribution < -0.4 is 0 Å². The number of rotatable bonds is 3. The standard InChI is InChI=1S/C15H14N4OS/c1-2-4-11(5-3-1)12-10-21-15(16-12)8-13-17-18-14-9-20-7-6-19(13)14/h1-5,10H,6-9H2. The summed E-state index contributed by atoms with van der Waals surface area (Å²) in [5.74, 6) is 1.89. The number of thiazole rings is 1. The molecule has 0 fully saturated rings. The number of hydrogen-bond acceptors (Lipinski definition) is 5. The van der Waals surface area contributed by atoms with E-state index in [9.17, 15) is 0 Å². The molecule has 0 saturated carbocycles. The molecule has 1 aliphatic rings. The van der Waals surface area contributed by atoms with E-state index in [1.807, 2.05) is 18.2 Å². The Morgan fingerprint density at radius 1 is 1.19 bits per heavy atom. The van der Waals surface area contributed by atoms with Crippen LogP contribution in [-0.2, 0) is 24.3 Å². The van der Waals surface area contributed by atoms with Crippen molar-refractivity contribution in [1.82, 2.24) is 19.7 Å². The molecule has 2 aromatic heterocycles. The van der Waals surface area contributed by atoms with E-state index in [2.05, 4.69) is 32.3 Å². The highest BCUT2D eigenvalue weighted by atomic mass is 32.1. The Hall–Kier alpha value is -2.05. The largest absolute Gasteiger partial charge is 0.372 e. The van der Waals surface area contributed by atoms with Crippen molar-refractivity contribution in [3.05, 3.63) is 52.4 Å². The number of hydrogen-bond donors (Lipinski definition) is 0. The van der Waals surface area contributed by atoms with Gasteiger partial charge in [0.25, 0.3) is 0 Å². The molecule has 0 spiro atoms. The SMILES string of the molecule is c1ccc(-c2csc(Cc3nnc4n3CCOC4)n2)cc1. The Labute approximate surface area is 126 Å². The number of aromatic nitrogens is 4. The summed E-state index contributed by atoms with van der Waals surface area (Å²) < 4.78 is 7.53. The summed E-state index contributed by atoms with van der Waals surface area (Å²) in [6, 6.07) is 10.2. The van der Waals surface area contributed by atoms with Gasteiger partial charge in [-0.05, 0) is 0 Å². The fourth-order valence-electron chi connectivity index (χ4n) is 2.46. The number of benzene rings is 1. The summed E-state index contributed by atoms with van der Waals surface area (Å²) in [5.41, 5.74) is 2.17. The van der Waals surface area contributed by atoms with Gasteiger partial charge in [0, 0.05) is 17.5 Å². The average molecular weight is 298 g/mol. The predicted octanol–water partition coefficient (Wildman–Crippen LogP) is 2.52. The lowest BCUT2D eigenvalue weighted by Crippen LogP contribution is -2.18. The topological polar surface area (TPSA) is 52.8 Å². The number of nitrogens with zero attached hydrogens (tertiary/aromatic N) is 4. The van der Waals surface area contributed by atoms with Crippen molar-refractivity contribution in [2.45, 2.75) is 19.6 Å². The molecule has 0 saturated heterocycles. The van der Waals surface area contributed by atoms with Gasteiger partial charge in [0.1, 0.15) is 17.4 Å².